The second kappa shape index (κ2) is 2.06. The molecular weight excluding hydrogens is 126 g/mol. The van der Waals surface area contributed by atoms with Crippen molar-refractivity contribution in [1.82, 2.24) is 5.32 Å². The van der Waals surface area contributed by atoms with Crippen LogP contribution in [0, 0.1) is 6.54 Å². The van der Waals surface area contributed by atoms with Crippen LogP contribution in [0.15, 0.2) is 23.3 Å². The summed E-state index contributed by atoms with van der Waals surface area (Å²) >= 11 is 0. The van der Waals surface area contributed by atoms with Gasteiger partial charge in [-0.3, -0.25) is 4.79 Å². The molecule has 1 heterocycles. The summed E-state index contributed by atoms with van der Waals surface area (Å²) in [7, 11) is 0. The summed E-state index contributed by atoms with van der Waals surface area (Å²) in [4.78, 5) is 10.8. The SMILES string of the molecule is O=C1C=CC2=C(CN[CH]2)C1. The first-order valence-corrected chi connectivity index (χ1v) is 3.36. The van der Waals surface area contributed by atoms with E-state index >= 15 is 0 Å². The fraction of sp³-hybridized carbons (Fsp3) is 0.250. The third-order valence-corrected chi connectivity index (χ3v) is 1.82. The molecule has 0 spiro atoms. The Hall–Kier alpha value is -0.890. The Morgan fingerprint density at radius 2 is 2.30 bits per heavy atom. The molecule has 1 aliphatic carbocycles. The summed E-state index contributed by atoms with van der Waals surface area (Å²) in [5.41, 5.74) is 2.42. The van der Waals surface area contributed by atoms with Gasteiger partial charge in [-0.1, -0.05) is 6.08 Å². The van der Waals surface area contributed by atoms with Crippen LogP contribution < -0.4 is 5.32 Å². The molecule has 2 nitrogen and oxygen atoms in total. The first-order valence-electron chi connectivity index (χ1n) is 3.36. The predicted molar refractivity (Wildman–Crippen MR) is 38.1 cm³/mol. The zero-order valence-corrected chi connectivity index (χ0v) is 5.55. The van der Waals surface area contributed by atoms with Gasteiger partial charge in [0.05, 0.1) is 6.54 Å². The Morgan fingerprint density at radius 1 is 1.40 bits per heavy atom. The van der Waals surface area contributed by atoms with Gasteiger partial charge < -0.3 is 5.32 Å². The number of nitrogens with one attached hydrogen (secondary N) is 1. The van der Waals surface area contributed by atoms with Crippen molar-refractivity contribution in [3.8, 4) is 0 Å². The summed E-state index contributed by atoms with van der Waals surface area (Å²) in [5.74, 6) is 0.218. The minimum atomic E-state index is 0.218. The van der Waals surface area contributed by atoms with Crippen LogP contribution in [0.3, 0.4) is 0 Å². The molecule has 0 atom stereocenters. The fourth-order valence-electron chi connectivity index (χ4n) is 1.27. The van der Waals surface area contributed by atoms with Gasteiger partial charge >= 0.3 is 0 Å². The third kappa shape index (κ3) is 0.809. The smallest absolute Gasteiger partial charge is 0.159 e. The topological polar surface area (TPSA) is 29.1 Å². The normalized spacial score (nSPS) is 23.8. The number of hydrogen-bond acceptors (Lipinski definition) is 2. The van der Waals surface area contributed by atoms with Crippen molar-refractivity contribution in [2.45, 2.75) is 6.42 Å². The van der Waals surface area contributed by atoms with Gasteiger partial charge in [0.1, 0.15) is 0 Å². The van der Waals surface area contributed by atoms with Crippen molar-refractivity contribution in [3.63, 3.8) is 0 Å². The molecule has 0 fully saturated rings. The van der Waals surface area contributed by atoms with Crippen LogP contribution in [0.4, 0.5) is 0 Å². The number of carbonyl (C=O) groups is 1. The second-order valence-corrected chi connectivity index (χ2v) is 2.56. The zero-order chi connectivity index (χ0) is 6.97. The first kappa shape index (κ1) is 5.86. The third-order valence-electron chi connectivity index (χ3n) is 1.82. The molecule has 10 heavy (non-hydrogen) atoms. The van der Waals surface area contributed by atoms with E-state index in [1.165, 1.54) is 11.1 Å². The highest BCUT2D eigenvalue weighted by Gasteiger charge is 2.17. The Labute approximate surface area is 59.6 Å². The van der Waals surface area contributed by atoms with Gasteiger partial charge in [-0.05, 0) is 17.2 Å². The lowest BCUT2D eigenvalue weighted by Gasteiger charge is -2.03. The highest BCUT2D eigenvalue weighted by atomic mass is 16.1. The molecule has 0 amide bonds. The number of hydrogen-bond donors (Lipinski definition) is 1. The Morgan fingerprint density at radius 3 is 3.20 bits per heavy atom. The molecule has 0 aromatic rings. The quantitative estimate of drug-likeness (QED) is 0.525. The molecule has 1 N–H and O–H groups in total. The van der Waals surface area contributed by atoms with Gasteiger partial charge in [0.15, 0.2) is 5.78 Å². The van der Waals surface area contributed by atoms with Crippen molar-refractivity contribution < 1.29 is 4.79 Å². The van der Waals surface area contributed by atoms with Crippen molar-refractivity contribution in [3.05, 3.63) is 29.8 Å². The molecule has 2 aliphatic rings. The first-order chi connectivity index (χ1) is 4.86. The lowest BCUT2D eigenvalue weighted by atomic mass is 10.00. The average molecular weight is 134 g/mol. The molecule has 0 saturated carbocycles. The van der Waals surface area contributed by atoms with Crippen LogP contribution >= 0.6 is 0 Å². The van der Waals surface area contributed by atoms with Gasteiger partial charge in [-0.25, -0.2) is 0 Å². The van der Waals surface area contributed by atoms with E-state index < -0.39 is 0 Å². The molecule has 0 aromatic heterocycles. The number of ketones is 1. The lowest BCUT2D eigenvalue weighted by molar-refractivity contribution is -0.114. The summed E-state index contributed by atoms with van der Waals surface area (Å²) in [6, 6.07) is 0. The Bertz CT molecular complexity index is 238. The number of rotatable bonds is 0. The summed E-state index contributed by atoms with van der Waals surface area (Å²) in [6.45, 7) is 2.81. The van der Waals surface area contributed by atoms with Crippen LogP contribution in [0.5, 0.6) is 0 Å². The Kier molecular flexibility index (Phi) is 1.21. The summed E-state index contributed by atoms with van der Waals surface area (Å²) in [5, 5.41) is 3.08. The van der Waals surface area contributed by atoms with Gasteiger partial charge in [0, 0.05) is 13.0 Å². The molecule has 0 aromatic carbocycles. The standard InChI is InChI=1S/C8H8NO/c10-8-2-1-6-4-9-5-7(6)3-8/h1-2,4,9H,3,5H2. The average Bonchev–Trinajstić information content (AvgIpc) is 2.33. The molecule has 2 heteroatoms. The maximum Gasteiger partial charge on any atom is 0.159 e. The van der Waals surface area contributed by atoms with E-state index in [1.54, 1.807) is 6.08 Å². The molecule has 1 aliphatic heterocycles. The van der Waals surface area contributed by atoms with Crippen molar-refractivity contribution >= 4 is 5.78 Å². The van der Waals surface area contributed by atoms with Crippen molar-refractivity contribution in [1.29, 1.82) is 0 Å². The molecule has 1 radical (unpaired) electrons. The summed E-state index contributed by atoms with van der Waals surface area (Å²) < 4.78 is 0. The molecule has 0 bridgehead atoms. The highest BCUT2D eigenvalue weighted by Crippen LogP contribution is 2.21. The highest BCUT2D eigenvalue weighted by molar-refractivity contribution is 5.94. The van der Waals surface area contributed by atoms with Crippen LogP contribution in [0.25, 0.3) is 0 Å². The van der Waals surface area contributed by atoms with Gasteiger partial charge in [0.2, 0.25) is 0 Å². The van der Waals surface area contributed by atoms with E-state index in [1.807, 2.05) is 12.6 Å². The van der Waals surface area contributed by atoms with Gasteiger partial charge in [-0.2, -0.15) is 0 Å². The minimum Gasteiger partial charge on any atom is -0.305 e. The molecule has 51 valence electrons. The van der Waals surface area contributed by atoms with Crippen molar-refractivity contribution in [2.24, 2.45) is 0 Å². The zero-order valence-electron chi connectivity index (χ0n) is 5.55. The minimum absolute atomic E-state index is 0.218. The Balaban J connectivity index is 2.30. The van der Waals surface area contributed by atoms with Crippen molar-refractivity contribution in [2.75, 3.05) is 6.54 Å². The van der Waals surface area contributed by atoms with Crippen LogP contribution in [-0.4, -0.2) is 12.3 Å². The molecule has 2 rings (SSSR count). The second-order valence-electron chi connectivity index (χ2n) is 2.56. The van der Waals surface area contributed by atoms with Gasteiger partial charge in [0.25, 0.3) is 0 Å². The maximum atomic E-state index is 10.8. The molecule has 0 saturated heterocycles. The van der Waals surface area contributed by atoms with E-state index in [9.17, 15) is 4.79 Å². The van der Waals surface area contributed by atoms with E-state index in [4.69, 9.17) is 0 Å². The number of allylic oxidation sites excluding steroid dienone is 1. The van der Waals surface area contributed by atoms with Gasteiger partial charge in [-0.15, -0.1) is 0 Å². The molecule has 0 unspecified atom stereocenters. The van der Waals surface area contributed by atoms with E-state index in [-0.39, 0.29) is 5.78 Å². The maximum absolute atomic E-state index is 10.8. The van der Waals surface area contributed by atoms with Crippen LogP contribution in [0.2, 0.25) is 0 Å². The van der Waals surface area contributed by atoms with E-state index in [0.29, 0.717) is 6.42 Å². The number of carbonyl (C=O) groups excluding carboxylic acids is 1. The predicted octanol–water partition coefficient (Wildman–Crippen LogP) is 0.577. The van der Waals surface area contributed by atoms with E-state index in [2.05, 4.69) is 5.32 Å². The largest absolute Gasteiger partial charge is 0.305 e. The summed E-state index contributed by atoms with van der Waals surface area (Å²) in [6.07, 6.45) is 4.12. The lowest BCUT2D eigenvalue weighted by Crippen LogP contribution is -2.06. The van der Waals surface area contributed by atoms with Crippen LogP contribution in [0.1, 0.15) is 6.42 Å². The van der Waals surface area contributed by atoms with Crippen LogP contribution in [-0.2, 0) is 4.79 Å². The molecular formula is C8H8NO. The monoisotopic (exact) mass is 134 g/mol. The fourth-order valence-corrected chi connectivity index (χ4v) is 1.27. The van der Waals surface area contributed by atoms with E-state index in [0.717, 1.165) is 6.54 Å².